The zero-order valence-corrected chi connectivity index (χ0v) is 9.72. The minimum Gasteiger partial charge on any atom is -0.299 e. The number of benzene rings is 1. The monoisotopic (exact) mass is 239 g/mol. The fraction of sp³-hybridized carbons (Fsp3) is 0.200. The van der Waals surface area contributed by atoms with Crippen molar-refractivity contribution >= 4 is 23.8 Å². The molecule has 5 heteroatoms. The van der Waals surface area contributed by atoms with E-state index in [-0.39, 0.29) is 6.04 Å². The zero-order chi connectivity index (χ0) is 10.8. The van der Waals surface area contributed by atoms with E-state index in [1.54, 1.807) is 6.33 Å². The van der Waals surface area contributed by atoms with E-state index in [0.29, 0.717) is 4.77 Å². The van der Waals surface area contributed by atoms with Gasteiger partial charge in [0.25, 0.3) is 0 Å². The predicted molar refractivity (Wildman–Crippen MR) is 62.7 cm³/mol. The number of H-pyrrole nitrogens is 1. The number of hydrogen-bond donors (Lipinski definition) is 1. The van der Waals surface area contributed by atoms with E-state index in [0.717, 1.165) is 10.6 Å². The highest BCUT2D eigenvalue weighted by Gasteiger charge is 2.11. The van der Waals surface area contributed by atoms with Gasteiger partial charge in [-0.2, -0.15) is 5.10 Å². The molecule has 0 fully saturated rings. The van der Waals surface area contributed by atoms with Crippen LogP contribution in [0.2, 0.25) is 5.02 Å². The molecule has 0 amide bonds. The van der Waals surface area contributed by atoms with Crippen LogP contribution in [0.25, 0.3) is 0 Å². The Morgan fingerprint density at radius 2 is 2.20 bits per heavy atom. The second kappa shape index (κ2) is 4.16. The fourth-order valence-electron chi connectivity index (χ4n) is 1.50. The summed E-state index contributed by atoms with van der Waals surface area (Å²) in [4.78, 5) is 0. The lowest BCUT2D eigenvalue weighted by molar-refractivity contribution is 0.629. The van der Waals surface area contributed by atoms with Crippen LogP contribution in [-0.2, 0) is 0 Å². The van der Waals surface area contributed by atoms with Crippen molar-refractivity contribution in [2.75, 3.05) is 0 Å². The number of hydrogen-bond acceptors (Lipinski definition) is 2. The molecule has 2 rings (SSSR count). The predicted octanol–water partition coefficient (Wildman–Crippen LogP) is 3.20. The highest BCUT2D eigenvalue weighted by atomic mass is 35.5. The Labute approximate surface area is 97.7 Å². The summed E-state index contributed by atoms with van der Waals surface area (Å²) in [5.41, 5.74) is 1.04. The highest BCUT2D eigenvalue weighted by molar-refractivity contribution is 7.71. The molecule has 0 spiro atoms. The average molecular weight is 240 g/mol. The normalized spacial score (nSPS) is 12.7. The minimum absolute atomic E-state index is 0.0879. The summed E-state index contributed by atoms with van der Waals surface area (Å²) in [5, 5.41) is 7.36. The first-order chi connectivity index (χ1) is 7.20. The molecule has 0 saturated heterocycles. The van der Waals surface area contributed by atoms with Crippen LogP contribution >= 0.6 is 23.8 Å². The Hall–Kier alpha value is -1.13. The number of nitrogens with one attached hydrogen (secondary N) is 1. The molecule has 0 saturated carbocycles. The van der Waals surface area contributed by atoms with Gasteiger partial charge in [-0.3, -0.25) is 9.67 Å². The lowest BCUT2D eigenvalue weighted by Crippen LogP contribution is -2.06. The van der Waals surface area contributed by atoms with Gasteiger partial charge in [0.15, 0.2) is 4.77 Å². The molecule has 0 radical (unpaired) electrons. The third-order valence-corrected chi connectivity index (χ3v) is 3.00. The largest absolute Gasteiger partial charge is 0.299 e. The molecule has 1 unspecified atom stereocenters. The van der Waals surface area contributed by atoms with E-state index in [9.17, 15) is 0 Å². The molecule has 78 valence electrons. The summed E-state index contributed by atoms with van der Waals surface area (Å²) in [7, 11) is 0. The number of aromatic nitrogens is 3. The second-order valence-electron chi connectivity index (χ2n) is 3.27. The number of halogens is 1. The van der Waals surface area contributed by atoms with Crippen molar-refractivity contribution in [2.24, 2.45) is 0 Å². The van der Waals surface area contributed by atoms with Crippen LogP contribution in [0.15, 0.2) is 30.6 Å². The van der Waals surface area contributed by atoms with Gasteiger partial charge in [-0.1, -0.05) is 29.8 Å². The van der Waals surface area contributed by atoms with Gasteiger partial charge in [-0.25, -0.2) is 0 Å². The Bertz CT molecular complexity index is 517. The quantitative estimate of drug-likeness (QED) is 0.817. The summed E-state index contributed by atoms with van der Waals surface area (Å²) in [5.74, 6) is 0. The summed E-state index contributed by atoms with van der Waals surface area (Å²) < 4.78 is 2.47. The standard InChI is InChI=1S/C10H10ClN3S/c1-7(14-6-12-13-10(14)15)8-4-2-3-5-9(8)11/h2-7H,1H3,(H,13,15). The van der Waals surface area contributed by atoms with E-state index < -0.39 is 0 Å². The first-order valence-electron chi connectivity index (χ1n) is 4.56. The van der Waals surface area contributed by atoms with Crippen molar-refractivity contribution < 1.29 is 0 Å². The van der Waals surface area contributed by atoms with Crippen LogP contribution in [0.5, 0.6) is 0 Å². The molecular weight excluding hydrogens is 230 g/mol. The Balaban J connectivity index is 2.45. The van der Waals surface area contributed by atoms with Crippen molar-refractivity contribution in [3.8, 4) is 0 Å². The van der Waals surface area contributed by atoms with Crippen molar-refractivity contribution in [3.05, 3.63) is 45.9 Å². The molecule has 3 nitrogen and oxygen atoms in total. The number of aromatic amines is 1. The topological polar surface area (TPSA) is 33.6 Å². The molecule has 0 aliphatic carbocycles. The molecule has 0 bridgehead atoms. The summed E-state index contributed by atoms with van der Waals surface area (Å²) in [6.45, 7) is 2.03. The molecule has 1 N–H and O–H groups in total. The Morgan fingerprint density at radius 3 is 2.80 bits per heavy atom. The maximum atomic E-state index is 6.11. The van der Waals surface area contributed by atoms with Crippen LogP contribution in [0.3, 0.4) is 0 Å². The second-order valence-corrected chi connectivity index (χ2v) is 4.06. The zero-order valence-electron chi connectivity index (χ0n) is 8.14. The van der Waals surface area contributed by atoms with Crippen molar-refractivity contribution in [3.63, 3.8) is 0 Å². The molecule has 1 aromatic heterocycles. The lowest BCUT2D eigenvalue weighted by atomic mass is 10.1. The number of nitrogens with zero attached hydrogens (tertiary/aromatic N) is 2. The molecule has 0 aliphatic heterocycles. The molecule has 2 aromatic rings. The van der Waals surface area contributed by atoms with E-state index in [4.69, 9.17) is 23.8 Å². The molecule has 1 heterocycles. The van der Waals surface area contributed by atoms with Crippen LogP contribution in [-0.4, -0.2) is 14.8 Å². The third-order valence-electron chi connectivity index (χ3n) is 2.35. The minimum atomic E-state index is 0.0879. The highest BCUT2D eigenvalue weighted by Crippen LogP contribution is 2.25. The molecule has 15 heavy (non-hydrogen) atoms. The van der Waals surface area contributed by atoms with Gasteiger partial charge in [-0.15, -0.1) is 0 Å². The summed E-state index contributed by atoms with van der Waals surface area (Å²) >= 11 is 11.2. The summed E-state index contributed by atoms with van der Waals surface area (Å²) in [6.07, 6.45) is 1.68. The summed E-state index contributed by atoms with van der Waals surface area (Å²) in [6, 6.07) is 7.82. The van der Waals surface area contributed by atoms with Gasteiger partial charge in [0.05, 0.1) is 6.04 Å². The molecule has 0 aliphatic rings. The number of rotatable bonds is 2. The van der Waals surface area contributed by atoms with Gasteiger partial charge in [-0.05, 0) is 30.8 Å². The van der Waals surface area contributed by atoms with Crippen LogP contribution in [0.1, 0.15) is 18.5 Å². The maximum Gasteiger partial charge on any atom is 0.195 e. The van der Waals surface area contributed by atoms with Crippen molar-refractivity contribution in [1.82, 2.24) is 14.8 Å². The Kier molecular flexibility index (Phi) is 2.88. The van der Waals surface area contributed by atoms with Crippen LogP contribution in [0, 0.1) is 4.77 Å². The molecular formula is C10H10ClN3S. The van der Waals surface area contributed by atoms with Crippen LogP contribution < -0.4 is 0 Å². The van der Waals surface area contributed by atoms with E-state index in [1.165, 1.54) is 0 Å². The van der Waals surface area contributed by atoms with Gasteiger partial charge < -0.3 is 0 Å². The average Bonchev–Trinajstić information content (AvgIpc) is 2.64. The molecule has 1 aromatic carbocycles. The fourth-order valence-corrected chi connectivity index (χ4v) is 2.05. The third kappa shape index (κ3) is 1.96. The smallest absolute Gasteiger partial charge is 0.195 e. The van der Waals surface area contributed by atoms with Crippen molar-refractivity contribution in [1.29, 1.82) is 0 Å². The van der Waals surface area contributed by atoms with E-state index >= 15 is 0 Å². The van der Waals surface area contributed by atoms with E-state index in [2.05, 4.69) is 10.2 Å². The van der Waals surface area contributed by atoms with Gasteiger partial charge in [0.1, 0.15) is 6.33 Å². The first kappa shape index (κ1) is 10.4. The van der Waals surface area contributed by atoms with Crippen LogP contribution in [0.4, 0.5) is 0 Å². The van der Waals surface area contributed by atoms with E-state index in [1.807, 2.05) is 35.8 Å². The Morgan fingerprint density at radius 1 is 1.47 bits per heavy atom. The van der Waals surface area contributed by atoms with Gasteiger partial charge in [0.2, 0.25) is 0 Å². The molecule has 1 atom stereocenters. The van der Waals surface area contributed by atoms with Gasteiger partial charge >= 0.3 is 0 Å². The lowest BCUT2D eigenvalue weighted by Gasteiger charge is -2.14. The SMILES string of the molecule is CC(c1ccccc1Cl)n1cn[nH]c1=S. The maximum absolute atomic E-state index is 6.11. The van der Waals surface area contributed by atoms with Gasteiger partial charge in [0, 0.05) is 5.02 Å². The van der Waals surface area contributed by atoms with Crippen molar-refractivity contribution in [2.45, 2.75) is 13.0 Å². The first-order valence-corrected chi connectivity index (χ1v) is 5.34.